The molecule has 0 aliphatic rings. The summed E-state index contributed by atoms with van der Waals surface area (Å²) in [5, 5.41) is 4.62. The highest BCUT2D eigenvalue weighted by Crippen LogP contribution is 2.16. The first kappa shape index (κ1) is 11.4. The monoisotopic (exact) mass is 246 g/mol. The van der Waals surface area contributed by atoms with E-state index in [2.05, 4.69) is 40.5 Å². The quantitative estimate of drug-likeness (QED) is 0.677. The van der Waals surface area contributed by atoms with Crippen LogP contribution in [-0.2, 0) is 6.54 Å². The van der Waals surface area contributed by atoms with Crippen LogP contribution >= 0.6 is 0 Å². The van der Waals surface area contributed by atoms with Crippen molar-refractivity contribution in [1.29, 1.82) is 0 Å². The summed E-state index contributed by atoms with van der Waals surface area (Å²) in [6, 6.07) is 16.4. The zero-order valence-corrected chi connectivity index (χ0v) is 10.5. The van der Waals surface area contributed by atoms with Crippen molar-refractivity contribution in [3.05, 3.63) is 65.9 Å². The third kappa shape index (κ3) is 2.46. The summed E-state index contributed by atoms with van der Waals surface area (Å²) in [6.45, 7) is 0.787. The Morgan fingerprint density at radius 3 is 2.95 bits per heavy atom. The van der Waals surface area contributed by atoms with E-state index >= 15 is 0 Å². The van der Waals surface area contributed by atoms with E-state index in [1.807, 2.05) is 30.5 Å². The smallest absolute Gasteiger partial charge is 0.0454 e. The molecule has 1 aromatic heterocycles. The molecule has 2 aromatic carbocycles. The molecule has 0 spiro atoms. The van der Waals surface area contributed by atoms with Crippen molar-refractivity contribution in [2.75, 3.05) is 5.32 Å². The van der Waals surface area contributed by atoms with Crippen molar-refractivity contribution >= 4 is 16.6 Å². The van der Waals surface area contributed by atoms with Crippen molar-refractivity contribution in [2.24, 2.45) is 0 Å². The summed E-state index contributed by atoms with van der Waals surface area (Å²) in [7, 11) is 0. The Morgan fingerprint density at radius 1 is 1.11 bits per heavy atom. The van der Waals surface area contributed by atoms with Gasteiger partial charge in [-0.15, -0.1) is 6.42 Å². The van der Waals surface area contributed by atoms with Crippen molar-refractivity contribution in [2.45, 2.75) is 6.54 Å². The molecule has 1 heterocycles. The number of benzene rings is 2. The first-order valence-electron chi connectivity index (χ1n) is 6.22. The molecule has 2 N–H and O–H groups in total. The first-order valence-corrected chi connectivity index (χ1v) is 6.22. The maximum Gasteiger partial charge on any atom is 0.0454 e. The molecule has 0 aliphatic carbocycles. The molecular formula is C17H14N2. The predicted octanol–water partition coefficient (Wildman–Crippen LogP) is 3.76. The number of anilines is 1. The lowest BCUT2D eigenvalue weighted by atomic mass is 10.1. The van der Waals surface area contributed by atoms with Crippen LogP contribution in [0, 0.1) is 12.3 Å². The molecular weight excluding hydrogens is 232 g/mol. The van der Waals surface area contributed by atoms with Crippen molar-refractivity contribution < 1.29 is 0 Å². The van der Waals surface area contributed by atoms with Gasteiger partial charge in [0.25, 0.3) is 0 Å². The van der Waals surface area contributed by atoms with Crippen LogP contribution in [0.3, 0.4) is 0 Å². The fraction of sp³-hybridized carbons (Fsp3) is 0.0588. The Balaban J connectivity index is 1.76. The Labute approximate surface area is 112 Å². The van der Waals surface area contributed by atoms with Gasteiger partial charge in [-0.05, 0) is 47.3 Å². The Morgan fingerprint density at radius 2 is 2.05 bits per heavy atom. The minimum atomic E-state index is 0.787. The lowest BCUT2D eigenvalue weighted by Gasteiger charge is -2.07. The van der Waals surface area contributed by atoms with Gasteiger partial charge in [-0.3, -0.25) is 0 Å². The lowest BCUT2D eigenvalue weighted by Crippen LogP contribution is -1.99. The molecule has 0 amide bonds. The van der Waals surface area contributed by atoms with Crippen molar-refractivity contribution in [3.63, 3.8) is 0 Å². The number of rotatable bonds is 3. The first-order chi connectivity index (χ1) is 9.35. The average molecular weight is 246 g/mol. The molecule has 0 saturated carbocycles. The van der Waals surface area contributed by atoms with Crippen LogP contribution in [-0.4, -0.2) is 4.98 Å². The van der Waals surface area contributed by atoms with E-state index in [1.165, 1.54) is 10.9 Å². The SMILES string of the molecule is C#Cc1cccc(NCc2ccc3[nH]ccc3c2)c1. The fourth-order valence-corrected chi connectivity index (χ4v) is 2.14. The molecule has 0 saturated heterocycles. The molecule has 0 atom stereocenters. The van der Waals surface area contributed by atoms with Crippen molar-refractivity contribution in [1.82, 2.24) is 4.98 Å². The van der Waals surface area contributed by atoms with Crippen molar-refractivity contribution in [3.8, 4) is 12.3 Å². The van der Waals surface area contributed by atoms with Crippen LogP contribution in [0.15, 0.2) is 54.7 Å². The van der Waals surface area contributed by atoms with Gasteiger partial charge in [0.05, 0.1) is 0 Å². The molecule has 3 rings (SSSR count). The van der Waals surface area contributed by atoms with Gasteiger partial charge in [-0.2, -0.15) is 0 Å². The molecule has 3 aromatic rings. The van der Waals surface area contributed by atoms with E-state index in [0.717, 1.165) is 23.3 Å². The lowest BCUT2D eigenvalue weighted by molar-refractivity contribution is 1.15. The van der Waals surface area contributed by atoms with E-state index in [4.69, 9.17) is 6.42 Å². The fourth-order valence-electron chi connectivity index (χ4n) is 2.14. The van der Waals surface area contributed by atoms with E-state index < -0.39 is 0 Å². The summed E-state index contributed by atoms with van der Waals surface area (Å²) in [5.74, 6) is 2.64. The van der Waals surface area contributed by atoms with Gasteiger partial charge in [0.2, 0.25) is 0 Å². The van der Waals surface area contributed by atoms with Gasteiger partial charge in [-0.1, -0.05) is 18.1 Å². The maximum atomic E-state index is 5.40. The molecule has 0 aliphatic heterocycles. The number of hydrogen-bond acceptors (Lipinski definition) is 1. The summed E-state index contributed by atoms with van der Waals surface area (Å²) >= 11 is 0. The number of aromatic amines is 1. The Kier molecular flexibility index (Phi) is 2.96. The zero-order valence-electron chi connectivity index (χ0n) is 10.5. The number of nitrogens with one attached hydrogen (secondary N) is 2. The van der Waals surface area contributed by atoms with E-state index in [9.17, 15) is 0 Å². The van der Waals surface area contributed by atoms with Gasteiger partial charge < -0.3 is 10.3 Å². The number of H-pyrrole nitrogens is 1. The highest BCUT2D eigenvalue weighted by molar-refractivity contribution is 5.80. The second-order valence-electron chi connectivity index (χ2n) is 4.48. The molecule has 0 unspecified atom stereocenters. The average Bonchev–Trinajstić information content (AvgIpc) is 2.93. The summed E-state index contributed by atoms with van der Waals surface area (Å²) < 4.78 is 0. The molecule has 0 bridgehead atoms. The highest BCUT2D eigenvalue weighted by atomic mass is 14.9. The normalized spacial score (nSPS) is 10.3. The summed E-state index contributed by atoms with van der Waals surface area (Å²) in [5.41, 5.74) is 4.35. The molecule has 0 radical (unpaired) electrons. The summed E-state index contributed by atoms with van der Waals surface area (Å²) in [6.07, 6.45) is 7.35. The number of fused-ring (bicyclic) bond motifs is 1. The van der Waals surface area contributed by atoms with Gasteiger partial charge in [0.1, 0.15) is 0 Å². The zero-order chi connectivity index (χ0) is 13.1. The molecule has 2 heteroatoms. The molecule has 19 heavy (non-hydrogen) atoms. The Bertz CT molecular complexity index is 747. The van der Waals surface area contributed by atoms with Gasteiger partial charge >= 0.3 is 0 Å². The third-order valence-corrected chi connectivity index (χ3v) is 3.14. The van der Waals surface area contributed by atoms with E-state index in [1.54, 1.807) is 0 Å². The predicted molar refractivity (Wildman–Crippen MR) is 80.0 cm³/mol. The number of aromatic nitrogens is 1. The van der Waals surface area contributed by atoms with Crippen LogP contribution in [0.25, 0.3) is 10.9 Å². The summed E-state index contributed by atoms with van der Waals surface area (Å²) in [4.78, 5) is 3.19. The minimum absolute atomic E-state index is 0.787. The van der Waals surface area contributed by atoms with Crippen LogP contribution in [0.5, 0.6) is 0 Å². The van der Waals surface area contributed by atoms with Crippen LogP contribution in [0.4, 0.5) is 5.69 Å². The van der Waals surface area contributed by atoms with Gasteiger partial charge in [0.15, 0.2) is 0 Å². The third-order valence-electron chi connectivity index (χ3n) is 3.14. The van der Waals surface area contributed by atoms with Crippen LogP contribution in [0.2, 0.25) is 0 Å². The minimum Gasteiger partial charge on any atom is -0.381 e. The second kappa shape index (κ2) is 4.91. The second-order valence-corrected chi connectivity index (χ2v) is 4.48. The number of hydrogen-bond donors (Lipinski definition) is 2. The van der Waals surface area contributed by atoms with E-state index in [-0.39, 0.29) is 0 Å². The van der Waals surface area contributed by atoms with Gasteiger partial charge in [-0.25, -0.2) is 0 Å². The topological polar surface area (TPSA) is 27.8 Å². The molecule has 2 nitrogen and oxygen atoms in total. The van der Waals surface area contributed by atoms with Crippen LogP contribution < -0.4 is 5.32 Å². The number of terminal acetylenes is 1. The standard InChI is InChI=1S/C17H14N2/c1-2-13-4-3-5-16(11-13)19-12-14-6-7-17-15(10-14)8-9-18-17/h1,3-11,18-19H,12H2. The van der Waals surface area contributed by atoms with Crippen LogP contribution in [0.1, 0.15) is 11.1 Å². The van der Waals surface area contributed by atoms with E-state index in [0.29, 0.717) is 0 Å². The largest absolute Gasteiger partial charge is 0.381 e. The Hall–Kier alpha value is -2.66. The highest BCUT2D eigenvalue weighted by Gasteiger charge is 1.98. The molecule has 0 fully saturated rings. The maximum absolute atomic E-state index is 5.40. The molecule has 92 valence electrons. The van der Waals surface area contributed by atoms with Gasteiger partial charge in [0, 0.05) is 29.5 Å².